The maximum absolute atomic E-state index is 14.0. The van der Waals surface area contributed by atoms with Crippen LogP contribution in [0.25, 0.3) is 0 Å². The zero-order chi connectivity index (χ0) is 23.6. The maximum Gasteiger partial charge on any atom is 0.310 e. The number of nitrogens with zero attached hydrogens (tertiary/aromatic N) is 2. The fourth-order valence-electron chi connectivity index (χ4n) is 6.04. The molecule has 0 aromatic carbocycles. The van der Waals surface area contributed by atoms with Crippen molar-refractivity contribution < 1.29 is 29.3 Å². The van der Waals surface area contributed by atoms with Crippen LogP contribution in [-0.4, -0.2) is 81.3 Å². The zero-order valence-electron chi connectivity index (χ0n) is 19.5. The van der Waals surface area contributed by atoms with Crippen LogP contribution in [0, 0.1) is 17.8 Å². The van der Waals surface area contributed by atoms with Gasteiger partial charge in [-0.2, -0.15) is 0 Å². The molecule has 3 fully saturated rings. The normalized spacial score (nSPS) is 31.8. The van der Waals surface area contributed by atoms with Gasteiger partial charge in [0.1, 0.15) is 11.6 Å². The molecule has 0 aromatic rings. The lowest BCUT2D eigenvalue weighted by molar-refractivity contribution is -0.153. The number of carboxylic acid groups (broad SMARTS) is 1. The van der Waals surface area contributed by atoms with Gasteiger partial charge in [0, 0.05) is 13.1 Å². The first-order valence-corrected chi connectivity index (χ1v) is 12.0. The van der Waals surface area contributed by atoms with Gasteiger partial charge in [-0.15, -0.1) is 6.58 Å². The van der Waals surface area contributed by atoms with Crippen LogP contribution in [0.3, 0.4) is 0 Å². The van der Waals surface area contributed by atoms with Gasteiger partial charge in [0.25, 0.3) is 0 Å². The molecule has 0 unspecified atom stereocenters. The Morgan fingerprint density at radius 3 is 2.66 bits per heavy atom. The van der Waals surface area contributed by atoms with Gasteiger partial charge in [-0.05, 0) is 31.6 Å². The van der Waals surface area contributed by atoms with Crippen molar-refractivity contribution in [2.75, 3.05) is 19.7 Å². The summed E-state index contributed by atoms with van der Waals surface area (Å²) in [6.45, 7) is 10.5. The SMILES string of the molecule is C=CCN(CCCCC)C(=O)[C@H]1N([C@@H](CO)CC(C)C)C(=O)[C@@H]2[C@@H](C(=O)O)[C@H]3CC[C@]21O3. The first-order valence-electron chi connectivity index (χ1n) is 12.0. The molecule has 3 heterocycles. The molecule has 3 saturated heterocycles. The Hall–Kier alpha value is -1.93. The minimum atomic E-state index is -1.14. The Morgan fingerprint density at radius 2 is 2.09 bits per heavy atom. The summed E-state index contributed by atoms with van der Waals surface area (Å²) in [5.41, 5.74) is -1.14. The Bertz CT molecular complexity index is 740. The molecule has 8 nitrogen and oxygen atoms in total. The molecule has 180 valence electrons. The number of likely N-dealkylation sites (tertiary alicyclic amines) is 1. The van der Waals surface area contributed by atoms with Gasteiger partial charge in [-0.25, -0.2) is 0 Å². The molecule has 2 amide bonds. The highest BCUT2D eigenvalue weighted by atomic mass is 16.5. The van der Waals surface area contributed by atoms with E-state index < -0.39 is 41.6 Å². The number of hydrogen-bond donors (Lipinski definition) is 2. The number of ether oxygens (including phenoxy) is 1. The second-order valence-electron chi connectivity index (χ2n) is 9.89. The second kappa shape index (κ2) is 9.91. The number of hydrogen-bond acceptors (Lipinski definition) is 5. The fourth-order valence-corrected chi connectivity index (χ4v) is 6.04. The third kappa shape index (κ3) is 4.07. The van der Waals surface area contributed by atoms with Crippen LogP contribution < -0.4 is 0 Å². The highest BCUT2D eigenvalue weighted by molar-refractivity contribution is 5.98. The van der Waals surface area contributed by atoms with Crippen LogP contribution in [0.1, 0.15) is 59.3 Å². The number of carbonyl (C=O) groups is 3. The largest absolute Gasteiger partial charge is 0.481 e. The lowest BCUT2D eigenvalue weighted by atomic mass is 9.70. The quantitative estimate of drug-likeness (QED) is 0.348. The smallest absolute Gasteiger partial charge is 0.310 e. The van der Waals surface area contributed by atoms with Gasteiger partial charge in [0.15, 0.2) is 0 Å². The van der Waals surface area contributed by atoms with E-state index in [4.69, 9.17) is 4.74 Å². The van der Waals surface area contributed by atoms with E-state index in [1.54, 1.807) is 11.0 Å². The highest BCUT2D eigenvalue weighted by Gasteiger charge is 2.75. The van der Waals surface area contributed by atoms with Gasteiger partial charge in [0.05, 0.1) is 30.6 Å². The van der Waals surface area contributed by atoms with Crippen molar-refractivity contribution in [2.24, 2.45) is 17.8 Å². The molecular formula is C24H38N2O6. The Labute approximate surface area is 190 Å². The molecule has 32 heavy (non-hydrogen) atoms. The van der Waals surface area contributed by atoms with E-state index in [1.165, 1.54) is 4.90 Å². The Morgan fingerprint density at radius 1 is 1.38 bits per heavy atom. The Balaban J connectivity index is 2.03. The standard InChI is InChI=1S/C24H38N2O6/c1-5-7-8-12-25(11-6-2)22(29)20-24-10-9-17(32-24)18(23(30)31)19(24)21(28)26(20)16(14-27)13-15(3)4/h6,15-20,27H,2,5,7-14H2,1,3-4H3,(H,30,31)/t16-,17-,18+,19+,20-,24+/m1/s1. The first-order chi connectivity index (χ1) is 15.2. The number of aliphatic hydroxyl groups excluding tert-OH is 1. The summed E-state index contributed by atoms with van der Waals surface area (Å²) in [5.74, 6) is -3.32. The number of rotatable bonds is 12. The van der Waals surface area contributed by atoms with Crippen molar-refractivity contribution in [3.05, 3.63) is 12.7 Å². The van der Waals surface area contributed by atoms with E-state index in [1.807, 2.05) is 13.8 Å². The van der Waals surface area contributed by atoms with E-state index in [-0.39, 0.29) is 24.3 Å². The van der Waals surface area contributed by atoms with E-state index in [2.05, 4.69) is 13.5 Å². The topological polar surface area (TPSA) is 107 Å². The van der Waals surface area contributed by atoms with Crippen LogP contribution in [0.4, 0.5) is 0 Å². The van der Waals surface area contributed by atoms with Gasteiger partial charge >= 0.3 is 5.97 Å². The third-order valence-corrected chi connectivity index (χ3v) is 7.30. The van der Waals surface area contributed by atoms with Gasteiger partial charge < -0.3 is 24.7 Å². The molecule has 3 aliphatic rings. The predicted molar refractivity (Wildman–Crippen MR) is 119 cm³/mol. The van der Waals surface area contributed by atoms with Crippen molar-refractivity contribution in [1.82, 2.24) is 9.80 Å². The highest BCUT2D eigenvalue weighted by Crippen LogP contribution is 2.59. The minimum Gasteiger partial charge on any atom is -0.481 e. The number of unbranched alkanes of at least 4 members (excludes halogenated alkanes) is 2. The summed E-state index contributed by atoms with van der Waals surface area (Å²) in [4.78, 5) is 42.9. The molecule has 0 aliphatic carbocycles. The third-order valence-electron chi connectivity index (χ3n) is 7.30. The molecule has 1 spiro atoms. The van der Waals surface area contributed by atoms with Crippen LogP contribution in [-0.2, 0) is 19.1 Å². The molecule has 3 aliphatic heterocycles. The molecule has 6 atom stereocenters. The average molecular weight is 451 g/mol. The number of aliphatic carboxylic acids is 1. The van der Waals surface area contributed by atoms with Gasteiger partial charge in [0.2, 0.25) is 11.8 Å². The molecular weight excluding hydrogens is 412 g/mol. The van der Waals surface area contributed by atoms with Crippen molar-refractivity contribution in [3.8, 4) is 0 Å². The maximum atomic E-state index is 14.0. The van der Waals surface area contributed by atoms with Crippen molar-refractivity contribution >= 4 is 17.8 Å². The zero-order valence-corrected chi connectivity index (χ0v) is 19.5. The summed E-state index contributed by atoms with van der Waals surface area (Å²) in [5, 5.41) is 20.1. The van der Waals surface area contributed by atoms with Crippen LogP contribution in [0.2, 0.25) is 0 Å². The lowest BCUT2D eigenvalue weighted by Crippen LogP contribution is -2.59. The van der Waals surface area contributed by atoms with Crippen molar-refractivity contribution in [1.29, 1.82) is 0 Å². The van der Waals surface area contributed by atoms with Crippen LogP contribution in [0.5, 0.6) is 0 Å². The summed E-state index contributed by atoms with van der Waals surface area (Å²) in [6, 6.07) is -1.48. The number of amides is 2. The fraction of sp³-hybridized carbons (Fsp3) is 0.792. The molecule has 2 N–H and O–H groups in total. The summed E-state index contributed by atoms with van der Waals surface area (Å²) in [7, 11) is 0. The van der Waals surface area contributed by atoms with Crippen LogP contribution in [0.15, 0.2) is 12.7 Å². The first kappa shape index (κ1) is 24.7. The monoisotopic (exact) mass is 450 g/mol. The summed E-state index contributed by atoms with van der Waals surface area (Å²) >= 11 is 0. The number of carboxylic acids is 1. The van der Waals surface area contributed by atoms with Crippen molar-refractivity contribution in [3.63, 3.8) is 0 Å². The molecule has 0 aromatic heterocycles. The predicted octanol–water partition coefficient (Wildman–Crippen LogP) is 2.06. The van der Waals surface area contributed by atoms with E-state index in [0.717, 1.165) is 19.3 Å². The summed E-state index contributed by atoms with van der Waals surface area (Å²) in [6.07, 6.45) is 5.47. The molecule has 0 radical (unpaired) electrons. The summed E-state index contributed by atoms with van der Waals surface area (Å²) < 4.78 is 6.25. The van der Waals surface area contributed by atoms with Gasteiger partial charge in [-0.1, -0.05) is 39.7 Å². The average Bonchev–Trinajstić information content (AvgIpc) is 3.38. The van der Waals surface area contributed by atoms with Crippen molar-refractivity contribution in [2.45, 2.75) is 83.1 Å². The molecule has 8 heteroatoms. The van der Waals surface area contributed by atoms with E-state index in [9.17, 15) is 24.6 Å². The van der Waals surface area contributed by atoms with E-state index in [0.29, 0.717) is 32.4 Å². The number of carbonyl (C=O) groups excluding carboxylic acids is 2. The van der Waals surface area contributed by atoms with Crippen LogP contribution >= 0.6 is 0 Å². The lowest BCUT2D eigenvalue weighted by Gasteiger charge is -2.39. The molecule has 3 rings (SSSR count). The number of aliphatic hydroxyl groups is 1. The minimum absolute atomic E-state index is 0.190. The van der Waals surface area contributed by atoms with Gasteiger partial charge in [-0.3, -0.25) is 14.4 Å². The second-order valence-corrected chi connectivity index (χ2v) is 9.89. The molecule has 2 bridgehead atoms. The molecule has 0 saturated carbocycles. The van der Waals surface area contributed by atoms with E-state index >= 15 is 0 Å². The Kier molecular flexibility index (Phi) is 7.65. The number of fused-ring (bicyclic) bond motifs is 1.